The van der Waals surface area contributed by atoms with Crippen LogP contribution < -0.4 is 4.74 Å². The summed E-state index contributed by atoms with van der Waals surface area (Å²) in [5.74, 6) is 0.873. The van der Waals surface area contributed by atoms with E-state index in [-0.39, 0.29) is 12.1 Å². The van der Waals surface area contributed by atoms with Crippen LogP contribution >= 0.6 is 0 Å². The third kappa shape index (κ3) is 1.26. The average Bonchev–Trinajstić information content (AvgIpc) is 2.70. The van der Waals surface area contributed by atoms with Gasteiger partial charge in [0.1, 0.15) is 12.4 Å². The van der Waals surface area contributed by atoms with Gasteiger partial charge in [0.05, 0.1) is 13.2 Å². The van der Waals surface area contributed by atoms with E-state index in [0.29, 0.717) is 6.61 Å². The van der Waals surface area contributed by atoms with Gasteiger partial charge in [0, 0.05) is 6.54 Å². The predicted molar refractivity (Wildman–Crippen MR) is 57.5 cm³/mol. The van der Waals surface area contributed by atoms with E-state index in [1.54, 1.807) is 12.0 Å². The third-order valence-corrected chi connectivity index (χ3v) is 3.31. The van der Waals surface area contributed by atoms with Crippen molar-refractivity contribution in [2.75, 3.05) is 20.3 Å². The van der Waals surface area contributed by atoms with Crippen molar-refractivity contribution in [3.63, 3.8) is 0 Å². The highest BCUT2D eigenvalue weighted by atomic mass is 16.6. The number of carbonyl (C=O) groups is 1. The molecule has 0 unspecified atom stereocenters. The second-order valence-electron chi connectivity index (χ2n) is 4.10. The van der Waals surface area contributed by atoms with Gasteiger partial charge in [0.15, 0.2) is 0 Å². The third-order valence-electron chi connectivity index (χ3n) is 3.31. The number of amides is 1. The van der Waals surface area contributed by atoms with E-state index < -0.39 is 0 Å². The summed E-state index contributed by atoms with van der Waals surface area (Å²) in [5.41, 5.74) is 2.46. The first-order chi connectivity index (χ1) is 7.79. The SMILES string of the molecule is COc1ccc2c(c1)CCN1C(=O)OC[C@@H]21. The molecule has 16 heavy (non-hydrogen) atoms. The number of methoxy groups -OCH3 is 1. The van der Waals surface area contributed by atoms with Gasteiger partial charge in [-0.2, -0.15) is 0 Å². The Bertz CT molecular complexity index is 444. The zero-order valence-electron chi connectivity index (χ0n) is 9.10. The predicted octanol–water partition coefficient (Wildman–Crippen LogP) is 1.74. The molecule has 1 aromatic rings. The lowest BCUT2D eigenvalue weighted by atomic mass is 9.93. The summed E-state index contributed by atoms with van der Waals surface area (Å²) >= 11 is 0. The number of rotatable bonds is 1. The Balaban J connectivity index is 2.01. The molecule has 0 spiro atoms. The van der Waals surface area contributed by atoms with Crippen LogP contribution in [-0.2, 0) is 11.2 Å². The minimum atomic E-state index is -0.188. The molecule has 1 amide bonds. The molecule has 1 aromatic carbocycles. The van der Waals surface area contributed by atoms with Crippen molar-refractivity contribution < 1.29 is 14.3 Å². The van der Waals surface area contributed by atoms with Gasteiger partial charge < -0.3 is 9.47 Å². The number of hydrogen-bond donors (Lipinski definition) is 0. The van der Waals surface area contributed by atoms with Crippen LogP contribution in [0.4, 0.5) is 4.79 Å². The van der Waals surface area contributed by atoms with Crippen LogP contribution in [-0.4, -0.2) is 31.3 Å². The van der Waals surface area contributed by atoms with Crippen molar-refractivity contribution in [2.45, 2.75) is 12.5 Å². The maximum absolute atomic E-state index is 11.4. The van der Waals surface area contributed by atoms with E-state index in [2.05, 4.69) is 6.07 Å². The van der Waals surface area contributed by atoms with Crippen molar-refractivity contribution in [1.82, 2.24) is 4.90 Å². The van der Waals surface area contributed by atoms with Crippen LogP contribution in [0, 0.1) is 0 Å². The van der Waals surface area contributed by atoms with Gasteiger partial charge in [-0.05, 0) is 29.7 Å². The minimum absolute atomic E-state index is 0.0992. The van der Waals surface area contributed by atoms with Gasteiger partial charge >= 0.3 is 6.09 Å². The summed E-state index contributed by atoms with van der Waals surface area (Å²) in [4.78, 5) is 13.2. The molecular weight excluding hydrogens is 206 g/mol. The first-order valence-electron chi connectivity index (χ1n) is 5.40. The molecule has 2 heterocycles. The van der Waals surface area contributed by atoms with Gasteiger partial charge in [-0.3, -0.25) is 4.90 Å². The number of fused-ring (bicyclic) bond motifs is 3. The number of cyclic esters (lactones) is 1. The molecule has 3 rings (SSSR count). The highest BCUT2D eigenvalue weighted by molar-refractivity contribution is 5.71. The van der Waals surface area contributed by atoms with Crippen LogP contribution in [0.25, 0.3) is 0 Å². The van der Waals surface area contributed by atoms with Gasteiger partial charge in [-0.25, -0.2) is 4.79 Å². The van der Waals surface area contributed by atoms with Crippen molar-refractivity contribution in [2.24, 2.45) is 0 Å². The van der Waals surface area contributed by atoms with Crippen molar-refractivity contribution in [1.29, 1.82) is 0 Å². The van der Waals surface area contributed by atoms with Crippen LogP contribution in [0.5, 0.6) is 5.75 Å². The maximum Gasteiger partial charge on any atom is 0.410 e. The highest BCUT2D eigenvalue weighted by Crippen LogP contribution is 2.35. The normalized spacial score (nSPS) is 22.4. The number of ether oxygens (including phenoxy) is 2. The second kappa shape index (κ2) is 3.40. The fraction of sp³-hybridized carbons (Fsp3) is 0.417. The molecule has 0 N–H and O–H groups in total. The quantitative estimate of drug-likeness (QED) is 0.722. The lowest BCUT2D eigenvalue weighted by molar-refractivity contribution is 0.157. The average molecular weight is 219 g/mol. The molecule has 0 saturated carbocycles. The van der Waals surface area contributed by atoms with Crippen LogP contribution in [0.1, 0.15) is 17.2 Å². The van der Waals surface area contributed by atoms with Gasteiger partial charge in [0.25, 0.3) is 0 Å². The molecule has 2 aliphatic rings. The fourth-order valence-corrected chi connectivity index (χ4v) is 2.45. The van der Waals surface area contributed by atoms with Crippen molar-refractivity contribution in [3.05, 3.63) is 29.3 Å². The van der Waals surface area contributed by atoms with E-state index in [1.807, 2.05) is 12.1 Å². The van der Waals surface area contributed by atoms with Crippen LogP contribution in [0.15, 0.2) is 18.2 Å². The molecule has 1 saturated heterocycles. The number of carbonyl (C=O) groups excluding carboxylic acids is 1. The van der Waals surface area contributed by atoms with Crippen LogP contribution in [0.2, 0.25) is 0 Å². The van der Waals surface area contributed by atoms with E-state index in [9.17, 15) is 4.79 Å². The Hall–Kier alpha value is -1.71. The summed E-state index contributed by atoms with van der Waals surface area (Å²) in [6.45, 7) is 1.21. The Morgan fingerprint density at radius 3 is 3.19 bits per heavy atom. The van der Waals surface area contributed by atoms with Crippen LogP contribution in [0.3, 0.4) is 0 Å². The molecule has 0 aliphatic carbocycles. The van der Waals surface area contributed by atoms with Crippen molar-refractivity contribution in [3.8, 4) is 5.75 Å². The Kier molecular flexibility index (Phi) is 2.02. The molecule has 0 bridgehead atoms. The van der Waals surface area contributed by atoms with Gasteiger partial charge in [-0.15, -0.1) is 0 Å². The summed E-state index contributed by atoms with van der Waals surface area (Å²) in [7, 11) is 1.67. The second-order valence-corrected chi connectivity index (χ2v) is 4.10. The molecule has 0 aromatic heterocycles. The molecule has 4 nitrogen and oxygen atoms in total. The van der Waals surface area contributed by atoms with Gasteiger partial charge in [0.2, 0.25) is 0 Å². The lowest BCUT2D eigenvalue weighted by Crippen LogP contribution is -2.34. The fourth-order valence-electron chi connectivity index (χ4n) is 2.45. The van der Waals surface area contributed by atoms with Crippen molar-refractivity contribution >= 4 is 6.09 Å². The summed E-state index contributed by atoms with van der Waals surface area (Å²) < 4.78 is 10.3. The van der Waals surface area contributed by atoms with E-state index in [1.165, 1.54) is 11.1 Å². The molecule has 1 fully saturated rings. The summed E-state index contributed by atoms with van der Waals surface area (Å²) in [6.07, 6.45) is 0.685. The lowest BCUT2D eigenvalue weighted by Gasteiger charge is -2.29. The molecular formula is C12H13NO3. The Labute approximate surface area is 93.8 Å². The number of benzene rings is 1. The largest absolute Gasteiger partial charge is 0.497 e. The molecule has 1 atom stereocenters. The standard InChI is InChI=1S/C12H13NO3/c1-15-9-2-3-10-8(6-9)4-5-13-11(10)7-16-12(13)14/h2-3,6,11H,4-5,7H2,1H3/t11-/m0/s1. The van der Waals surface area contributed by atoms with E-state index in [0.717, 1.165) is 18.7 Å². The van der Waals surface area contributed by atoms with E-state index >= 15 is 0 Å². The minimum Gasteiger partial charge on any atom is -0.497 e. The molecule has 84 valence electrons. The number of hydrogen-bond acceptors (Lipinski definition) is 3. The molecule has 4 heteroatoms. The topological polar surface area (TPSA) is 38.8 Å². The molecule has 0 radical (unpaired) electrons. The highest BCUT2D eigenvalue weighted by Gasteiger charge is 2.37. The first kappa shape index (κ1) is 9.51. The Morgan fingerprint density at radius 2 is 2.38 bits per heavy atom. The zero-order chi connectivity index (χ0) is 11.1. The van der Waals surface area contributed by atoms with E-state index in [4.69, 9.17) is 9.47 Å². The maximum atomic E-state index is 11.4. The summed E-state index contributed by atoms with van der Waals surface area (Å²) in [6, 6.07) is 6.12. The zero-order valence-corrected chi connectivity index (χ0v) is 9.10. The number of nitrogens with zero attached hydrogens (tertiary/aromatic N) is 1. The molecule has 2 aliphatic heterocycles. The van der Waals surface area contributed by atoms with Gasteiger partial charge in [-0.1, -0.05) is 6.07 Å². The monoisotopic (exact) mass is 219 g/mol. The smallest absolute Gasteiger partial charge is 0.410 e. The summed E-state index contributed by atoms with van der Waals surface area (Å²) in [5, 5.41) is 0. The Morgan fingerprint density at radius 1 is 1.50 bits per heavy atom. The first-order valence-corrected chi connectivity index (χ1v) is 5.40.